The quantitative estimate of drug-likeness (QED) is 0.803. The zero-order chi connectivity index (χ0) is 10.9. The molecule has 15 heavy (non-hydrogen) atoms. The Morgan fingerprint density at radius 1 is 1.60 bits per heavy atom. The number of hydrogen-bond acceptors (Lipinski definition) is 3. The van der Waals surface area contributed by atoms with Gasteiger partial charge in [-0.1, -0.05) is 18.3 Å². The summed E-state index contributed by atoms with van der Waals surface area (Å²) in [6, 6.07) is 6.05. The molecule has 1 aliphatic heterocycles. The molecule has 1 saturated heterocycles. The number of thiocarbonyl (C=S) groups is 1. The van der Waals surface area contributed by atoms with E-state index < -0.39 is 0 Å². The van der Waals surface area contributed by atoms with Crippen LogP contribution in [-0.4, -0.2) is 15.7 Å². The molecule has 0 radical (unpaired) electrons. The number of aryl methyl sites for hydroxylation is 1. The van der Waals surface area contributed by atoms with E-state index >= 15 is 0 Å². The van der Waals surface area contributed by atoms with Gasteiger partial charge in [0.15, 0.2) is 0 Å². The van der Waals surface area contributed by atoms with Gasteiger partial charge in [0.1, 0.15) is 4.75 Å². The van der Waals surface area contributed by atoms with Crippen molar-refractivity contribution in [3.8, 4) is 0 Å². The summed E-state index contributed by atoms with van der Waals surface area (Å²) in [5.74, 6) is 1.12. The SMILES string of the molecule is Cc1cccc(C2(C(N)=S)CCCS2)n1. The highest BCUT2D eigenvalue weighted by Gasteiger charge is 2.40. The number of pyridine rings is 1. The Balaban J connectivity index is 2.45. The first kappa shape index (κ1) is 10.9. The first-order valence-electron chi connectivity index (χ1n) is 5.03. The van der Waals surface area contributed by atoms with E-state index in [9.17, 15) is 0 Å². The highest BCUT2D eigenvalue weighted by Crippen LogP contribution is 2.46. The molecule has 4 heteroatoms. The van der Waals surface area contributed by atoms with Crippen LogP contribution in [0.2, 0.25) is 0 Å². The van der Waals surface area contributed by atoms with Gasteiger partial charge in [-0.2, -0.15) is 0 Å². The summed E-state index contributed by atoms with van der Waals surface area (Å²) in [6.45, 7) is 2.00. The highest BCUT2D eigenvalue weighted by atomic mass is 32.2. The number of aromatic nitrogens is 1. The average molecular weight is 238 g/mol. The van der Waals surface area contributed by atoms with Crippen molar-refractivity contribution in [1.82, 2.24) is 4.98 Å². The molecule has 0 aromatic carbocycles. The van der Waals surface area contributed by atoms with Gasteiger partial charge in [0.05, 0.1) is 10.7 Å². The van der Waals surface area contributed by atoms with Gasteiger partial charge >= 0.3 is 0 Å². The molecule has 80 valence electrons. The summed E-state index contributed by atoms with van der Waals surface area (Å²) < 4.78 is -0.207. The number of rotatable bonds is 2. The second-order valence-electron chi connectivity index (χ2n) is 3.81. The minimum Gasteiger partial charge on any atom is -0.392 e. The molecule has 2 rings (SSSR count). The van der Waals surface area contributed by atoms with E-state index in [0.29, 0.717) is 4.99 Å². The van der Waals surface area contributed by atoms with Crippen LogP contribution in [0, 0.1) is 6.92 Å². The van der Waals surface area contributed by atoms with E-state index in [2.05, 4.69) is 4.98 Å². The normalized spacial score (nSPS) is 25.4. The van der Waals surface area contributed by atoms with Crippen molar-refractivity contribution < 1.29 is 0 Å². The summed E-state index contributed by atoms with van der Waals surface area (Å²) in [6.07, 6.45) is 2.18. The molecule has 1 fully saturated rings. The Kier molecular flexibility index (Phi) is 2.98. The molecule has 0 saturated carbocycles. The molecule has 1 aromatic rings. The van der Waals surface area contributed by atoms with E-state index in [1.807, 2.05) is 36.9 Å². The Hall–Kier alpha value is -0.610. The lowest BCUT2D eigenvalue weighted by molar-refractivity contribution is 0.719. The van der Waals surface area contributed by atoms with E-state index in [1.54, 1.807) is 0 Å². The lowest BCUT2D eigenvalue weighted by atomic mass is 9.98. The summed E-state index contributed by atoms with van der Waals surface area (Å²) in [5.41, 5.74) is 7.93. The maximum absolute atomic E-state index is 5.89. The van der Waals surface area contributed by atoms with Crippen LogP contribution in [0.1, 0.15) is 24.2 Å². The Morgan fingerprint density at radius 2 is 2.40 bits per heavy atom. The van der Waals surface area contributed by atoms with Crippen LogP contribution in [0.3, 0.4) is 0 Å². The molecular formula is C11H14N2S2. The Labute approximate surface area is 99.7 Å². The molecule has 1 atom stereocenters. The fraction of sp³-hybridized carbons (Fsp3) is 0.455. The predicted octanol–water partition coefficient (Wildman–Crippen LogP) is 2.40. The monoisotopic (exact) mass is 238 g/mol. The van der Waals surface area contributed by atoms with Crippen LogP contribution in [-0.2, 0) is 4.75 Å². The summed E-state index contributed by atoms with van der Waals surface area (Å²) in [7, 11) is 0. The van der Waals surface area contributed by atoms with Crippen molar-refractivity contribution in [1.29, 1.82) is 0 Å². The van der Waals surface area contributed by atoms with E-state index in [1.165, 1.54) is 0 Å². The molecule has 0 spiro atoms. The number of nitrogens with two attached hydrogens (primary N) is 1. The van der Waals surface area contributed by atoms with Crippen molar-refractivity contribution in [2.24, 2.45) is 5.73 Å². The zero-order valence-electron chi connectivity index (χ0n) is 8.69. The smallest absolute Gasteiger partial charge is 0.108 e. The van der Waals surface area contributed by atoms with Crippen LogP contribution in [0.5, 0.6) is 0 Å². The first-order chi connectivity index (χ1) is 7.15. The molecule has 1 aliphatic rings. The molecule has 1 aromatic heterocycles. The second kappa shape index (κ2) is 4.10. The molecule has 2 N–H and O–H groups in total. The van der Waals surface area contributed by atoms with Gasteiger partial charge in [0, 0.05) is 5.69 Å². The topological polar surface area (TPSA) is 38.9 Å². The van der Waals surface area contributed by atoms with E-state index in [4.69, 9.17) is 18.0 Å². The van der Waals surface area contributed by atoms with Gasteiger partial charge in [0.25, 0.3) is 0 Å². The summed E-state index contributed by atoms with van der Waals surface area (Å²) in [5, 5.41) is 0. The number of hydrogen-bond donors (Lipinski definition) is 1. The van der Waals surface area contributed by atoms with Crippen LogP contribution >= 0.6 is 24.0 Å². The fourth-order valence-corrected chi connectivity index (χ4v) is 3.64. The number of thioether (sulfide) groups is 1. The number of nitrogens with zero attached hydrogens (tertiary/aromatic N) is 1. The third-order valence-electron chi connectivity index (χ3n) is 2.72. The maximum atomic E-state index is 5.89. The van der Waals surface area contributed by atoms with Crippen molar-refractivity contribution >= 4 is 29.0 Å². The van der Waals surface area contributed by atoms with Gasteiger partial charge in [-0.15, -0.1) is 11.8 Å². The molecule has 2 nitrogen and oxygen atoms in total. The third-order valence-corrected chi connectivity index (χ3v) is 4.82. The van der Waals surface area contributed by atoms with Crippen molar-refractivity contribution in [2.75, 3.05) is 5.75 Å². The Bertz CT molecular complexity index is 384. The molecule has 2 heterocycles. The Morgan fingerprint density at radius 3 is 2.93 bits per heavy atom. The highest BCUT2D eigenvalue weighted by molar-refractivity contribution is 8.02. The lowest BCUT2D eigenvalue weighted by Gasteiger charge is -2.26. The van der Waals surface area contributed by atoms with Crippen molar-refractivity contribution in [2.45, 2.75) is 24.5 Å². The molecular weight excluding hydrogens is 224 g/mol. The minimum atomic E-state index is -0.207. The largest absolute Gasteiger partial charge is 0.392 e. The maximum Gasteiger partial charge on any atom is 0.108 e. The van der Waals surface area contributed by atoms with Gasteiger partial charge in [-0.3, -0.25) is 4.98 Å². The van der Waals surface area contributed by atoms with Crippen LogP contribution in [0.15, 0.2) is 18.2 Å². The molecule has 0 aliphatic carbocycles. The van der Waals surface area contributed by atoms with Crippen molar-refractivity contribution in [3.05, 3.63) is 29.6 Å². The van der Waals surface area contributed by atoms with Crippen LogP contribution in [0.4, 0.5) is 0 Å². The van der Waals surface area contributed by atoms with Crippen molar-refractivity contribution in [3.63, 3.8) is 0 Å². The third kappa shape index (κ3) is 1.88. The van der Waals surface area contributed by atoms with Crippen LogP contribution in [0.25, 0.3) is 0 Å². The molecule has 0 amide bonds. The first-order valence-corrected chi connectivity index (χ1v) is 6.42. The standard InChI is InChI=1S/C11H14N2S2/c1-8-4-2-5-9(13-8)11(10(12)14)6-3-7-15-11/h2,4-5H,3,6-7H2,1H3,(H2,12,14). The van der Waals surface area contributed by atoms with E-state index in [0.717, 1.165) is 30.0 Å². The second-order valence-corrected chi connectivity index (χ2v) is 5.64. The minimum absolute atomic E-state index is 0.207. The summed E-state index contributed by atoms with van der Waals surface area (Å²) in [4.78, 5) is 5.13. The molecule has 1 unspecified atom stereocenters. The van der Waals surface area contributed by atoms with Gasteiger partial charge in [0.2, 0.25) is 0 Å². The van der Waals surface area contributed by atoms with Gasteiger partial charge < -0.3 is 5.73 Å². The average Bonchev–Trinajstić information content (AvgIpc) is 2.67. The predicted molar refractivity (Wildman–Crippen MR) is 69.1 cm³/mol. The van der Waals surface area contributed by atoms with Gasteiger partial charge in [-0.25, -0.2) is 0 Å². The zero-order valence-corrected chi connectivity index (χ0v) is 10.3. The summed E-state index contributed by atoms with van der Waals surface area (Å²) >= 11 is 7.04. The fourth-order valence-electron chi connectivity index (χ4n) is 1.93. The molecule has 0 bridgehead atoms. The lowest BCUT2D eigenvalue weighted by Crippen LogP contribution is -2.35. The van der Waals surface area contributed by atoms with Crippen LogP contribution < -0.4 is 5.73 Å². The van der Waals surface area contributed by atoms with Gasteiger partial charge in [-0.05, 0) is 37.7 Å². The van der Waals surface area contributed by atoms with E-state index in [-0.39, 0.29) is 4.75 Å².